The number of aromatic nitrogens is 4. The van der Waals surface area contributed by atoms with Gasteiger partial charge in [0.2, 0.25) is 0 Å². The molecule has 4 atom stereocenters. The van der Waals surface area contributed by atoms with Crippen molar-refractivity contribution in [2.75, 3.05) is 36.2 Å². The van der Waals surface area contributed by atoms with Gasteiger partial charge in [-0.05, 0) is 6.26 Å². The molecule has 3 rings (SSSR count). The number of phosphoric acid groups is 1. The van der Waals surface area contributed by atoms with E-state index < -0.39 is 51.6 Å². The van der Waals surface area contributed by atoms with Crippen molar-refractivity contribution in [3.8, 4) is 0 Å². The van der Waals surface area contributed by atoms with Gasteiger partial charge >= 0.3 is 6.18 Å². The molecule has 34 heavy (non-hydrogen) atoms. The number of anilines is 1. The average molecular weight is 547 g/mol. The Balaban J connectivity index is 1.89. The maximum Gasteiger partial charge on any atom is 0.389 e. The minimum Gasteiger partial charge on any atom is -0.790 e. The van der Waals surface area contributed by atoms with Crippen LogP contribution in [-0.2, 0) is 13.8 Å². The monoisotopic (exact) mass is 547 g/mol. The number of thioether (sulfide) groups is 2. The molecular formula is C16H21F3N5O7PS2-2. The van der Waals surface area contributed by atoms with Gasteiger partial charge in [0.05, 0.1) is 27.2 Å². The lowest BCUT2D eigenvalue weighted by Gasteiger charge is -2.30. The van der Waals surface area contributed by atoms with Gasteiger partial charge in [-0.15, -0.1) is 0 Å². The molecule has 18 heteroatoms. The van der Waals surface area contributed by atoms with Crippen LogP contribution in [0.15, 0.2) is 11.5 Å². The number of alkyl halides is 3. The lowest BCUT2D eigenvalue weighted by Crippen LogP contribution is -2.34. The number of hydrogen-bond donors (Lipinski definition) is 3. The molecule has 0 bridgehead atoms. The first-order chi connectivity index (χ1) is 15.9. The lowest BCUT2D eigenvalue weighted by molar-refractivity contribution is -0.343. The summed E-state index contributed by atoms with van der Waals surface area (Å²) < 4.78 is 59.3. The normalized spacial score (nSPS) is 23.6. The van der Waals surface area contributed by atoms with Crippen LogP contribution >= 0.6 is 31.3 Å². The van der Waals surface area contributed by atoms with Crippen LogP contribution in [0, 0.1) is 0 Å². The maximum atomic E-state index is 12.6. The Kier molecular flexibility index (Phi) is 9.08. The van der Waals surface area contributed by atoms with E-state index in [1.807, 2.05) is 6.26 Å². The second kappa shape index (κ2) is 11.3. The summed E-state index contributed by atoms with van der Waals surface area (Å²) in [5, 5.41) is 23.7. The fraction of sp³-hybridized carbons (Fsp3) is 0.688. The van der Waals surface area contributed by atoms with Crippen molar-refractivity contribution < 1.29 is 47.0 Å². The van der Waals surface area contributed by atoms with Crippen LogP contribution in [0.25, 0.3) is 11.2 Å². The minimum absolute atomic E-state index is 0.0247. The number of imidazole rings is 1. The van der Waals surface area contributed by atoms with Crippen molar-refractivity contribution >= 4 is 48.3 Å². The Morgan fingerprint density at radius 2 is 2.03 bits per heavy atom. The van der Waals surface area contributed by atoms with E-state index in [9.17, 15) is 37.7 Å². The summed E-state index contributed by atoms with van der Waals surface area (Å²) in [5.41, 5.74) is 0.349. The summed E-state index contributed by atoms with van der Waals surface area (Å²) >= 11 is 2.34. The highest BCUT2D eigenvalue weighted by atomic mass is 32.2. The van der Waals surface area contributed by atoms with E-state index in [4.69, 9.17) is 4.74 Å². The third kappa shape index (κ3) is 7.18. The first-order valence-corrected chi connectivity index (χ1v) is 13.6. The Labute approximate surface area is 199 Å². The molecule has 1 aliphatic rings. The van der Waals surface area contributed by atoms with Crippen molar-refractivity contribution in [2.45, 2.75) is 42.3 Å². The zero-order valence-electron chi connectivity index (χ0n) is 17.5. The first-order valence-electron chi connectivity index (χ1n) is 9.75. The smallest absolute Gasteiger partial charge is 0.389 e. The van der Waals surface area contributed by atoms with E-state index in [0.29, 0.717) is 12.3 Å². The predicted molar refractivity (Wildman–Crippen MR) is 113 cm³/mol. The molecular weight excluding hydrogens is 526 g/mol. The summed E-state index contributed by atoms with van der Waals surface area (Å²) in [6, 6.07) is 0. The van der Waals surface area contributed by atoms with Crippen LogP contribution in [0.1, 0.15) is 12.6 Å². The number of hydrogen-bond acceptors (Lipinski definition) is 13. The molecule has 3 N–H and O–H groups in total. The number of halogens is 3. The Hall–Kier alpha value is -1.17. The highest BCUT2D eigenvalue weighted by molar-refractivity contribution is 7.99. The van der Waals surface area contributed by atoms with Gasteiger partial charge in [0.15, 0.2) is 28.4 Å². The molecule has 0 aliphatic carbocycles. The summed E-state index contributed by atoms with van der Waals surface area (Å²) in [6.07, 6.45) is -8.08. The number of aliphatic hydroxyl groups excluding tert-OH is 2. The molecule has 1 fully saturated rings. The molecule has 1 saturated heterocycles. The van der Waals surface area contributed by atoms with Crippen LogP contribution in [0.2, 0.25) is 0 Å². The fourth-order valence-electron chi connectivity index (χ4n) is 3.06. The molecule has 3 heterocycles. The second-order valence-corrected chi connectivity index (χ2v) is 10.3. The van der Waals surface area contributed by atoms with Gasteiger partial charge in [0.25, 0.3) is 0 Å². The van der Waals surface area contributed by atoms with E-state index in [1.165, 1.54) is 10.9 Å². The minimum atomic E-state index is -5.34. The van der Waals surface area contributed by atoms with Crippen LogP contribution < -0.4 is 15.1 Å². The molecule has 0 amide bonds. The fourth-order valence-corrected chi connectivity index (χ4v) is 4.52. The van der Waals surface area contributed by atoms with Gasteiger partial charge in [0.1, 0.15) is 18.3 Å². The summed E-state index contributed by atoms with van der Waals surface area (Å²) in [4.78, 5) is 34.2. The van der Waals surface area contributed by atoms with Crippen LogP contribution in [0.4, 0.5) is 19.0 Å². The summed E-state index contributed by atoms with van der Waals surface area (Å²) in [7, 11) is -5.34. The average Bonchev–Trinajstić information content (AvgIpc) is 3.27. The van der Waals surface area contributed by atoms with Crippen molar-refractivity contribution in [2.24, 2.45) is 0 Å². The molecule has 1 unspecified atom stereocenters. The zero-order chi connectivity index (χ0) is 25.1. The molecule has 0 radical (unpaired) electrons. The van der Waals surface area contributed by atoms with E-state index in [-0.39, 0.29) is 27.9 Å². The third-order valence-corrected chi connectivity index (χ3v) is 6.55. The van der Waals surface area contributed by atoms with Gasteiger partial charge in [-0.25, -0.2) is 15.0 Å². The molecule has 1 aliphatic heterocycles. The topological polar surface area (TPSA) is 178 Å². The van der Waals surface area contributed by atoms with Crippen LogP contribution in [-0.4, -0.2) is 85.1 Å². The number of aliphatic hydroxyl groups is 2. The molecule has 0 spiro atoms. The highest BCUT2D eigenvalue weighted by Gasteiger charge is 2.44. The first kappa shape index (κ1) is 27.4. The van der Waals surface area contributed by atoms with Crippen molar-refractivity contribution in [3.63, 3.8) is 0 Å². The van der Waals surface area contributed by atoms with Crippen LogP contribution in [0.3, 0.4) is 0 Å². The van der Waals surface area contributed by atoms with Crippen molar-refractivity contribution in [1.29, 1.82) is 0 Å². The van der Waals surface area contributed by atoms with E-state index >= 15 is 0 Å². The number of nitrogens with zero attached hydrogens (tertiary/aromatic N) is 4. The van der Waals surface area contributed by atoms with Crippen molar-refractivity contribution in [3.05, 3.63) is 6.33 Å². The summed E-state index contributed by atoms with van der Waals surface area (Å²) in [6.45, 7) is -0.335. The largest absolute Gasteiger partial charge is 0.790 e. The molecule has 192 valence electrons. The van der Waals surface area contributed by atoms with Gasteiger partial charge < -0.3 is 39.1 Å². The van der Waals surface area contributed by atoms with Gasteiger partial charge in [-0.3, -0.25) is 4.57 Å². The number of ether oxygens (including phenoxy) is 1. The number of fused-ring (bicyclic) bond motifs is 1. The molecule has 12 nitrogen and oxygen atoms in total. The third-order valence-electron chi connectivity index (χ3n) is 4.62. The zero-order valence-corrected chi connectivity index (χ0v) is 20.1. The maximum absolute atomic E-state index is 12.6. The number of rotatable bonds is 11. The Morgan fingerprint density at radius 3 is 2.68 bits per heavy atom. The Morgan fingerprint density at radius 1 is 1.29 bits per heavy atom. The van der Waals surface area contributed by atoms with Gasteiger partial charge in [0, 0.05) is 18.1 Å². The lowest BCUT2D eigenvalue weighted by atomic mass is 10.1. The van der Waals surface area contributed by atoms with E-state index in [0.717, 1.165) is 11.8 Å². The van der Waals surface area contributed by atoms with Crippen LogP contribution in [0.5, 0.6) is 0 Å². The molecule has 2 aromatic heterocycles. The van der Waals surface area contributed by atoms with Gasteiger partial charge in [-0.1, -0.05) is 11.8 Å². The second-order valence-electron chi connectivity index (χ2n) is 7.10. The quantitative estimate of drug-likeness (QED) is 0.150. The van der Waals surface area contributed by atoms with E-state index in [1.54, 1.807) is 11.8 Å². The van der Waals surface area contributed by atoms with Gasteiger partial charge in [-0.2, -0.15) is 24.9 Å². The molecule has 0 aromatic carbocycles. The van der Waals surface area contributed by atoms with E-state index in [2.05, 4.69) is 24.8 Å². The molecule has 0 saturated carbocycles. The Bertz CT molecular complexity index is 1030. The van der Waals surface area contributed by atoms with Crippen molar-refractivity contribution in [1.82, 2.24) is 19.5 Å². The number of phosphoric ester groups is 1. The summed E-state index contributed by atoms with van der Waals surface area (Å²) in [5.74, 6) is 0.655. The highest BCUT2D eigenvalue weighted by Crippen LogP contribution is 2.35. The number of nitrogens with one attached hydrogen (secondary N) is 1. The molecule has 2 aromatic rings. The SMILES string of the molecule is CSCCNc1nc(SCCC(F)(F)F)nc2c1ncn2[C@@H]1O[C@H](COP(=O)([O-])[O-])C(O)[C@@H]1O. The predicted octanol–water partition coefficient (Wildman–Crippen LogP) is 0.110. The standard InChI is InChI=1S/C16H23F3N5O7PS2/c1-33-5-3-20-12-9-13(23-15(22-12)34-4-2-16(17,18)19)24(7-21-9)14-11(26)10(25)8(31-14)6-30-32(27,28)29/h7-8,10-11,14,25-26H,2-6H2,1H3,(H,20,22,23)(H2,27,28,29)/p-2/t8-,10?,11+,14-/m1/s1.